The first kappa shape index (κ1) is 18.9. The van der Waals surface area contributed by atoms with Crippen LogP contribution in [0.5, 0.6) is 5.75 Å². The highest BCUT2D eigenvalue weighted by molar-refractivity contribution is 5.88. The minimum atomic E-state index is -0.441. The molecule has 0 bridgehead atoms. The van der Waals surface area contributed by atoms with Crippen LogP contribution >= 0.6 is 0 Å². The molecule has 1 aromatic carbocycles. The first-order valence-electron chi connectivity index (χ1n) is 9.94. The molecule has 1 aromatic heterocycles. The molecule has 150 valence electrons. The van der Waals surface area contributed by atoms with Gasteiger partial charge >= 0.3 is 0 Å². The average molecular weight is 384 g/mol. The zero-order chi connectivity index (χ0) is 19.7. The van der Waals surface area contributed by atoms with Crippen molar-refractivity contribution in [2.24, 2.45) is 0 Å². The number of benzene rings is 1. The number of amides is 1. The largest absolute Gasteiger partial charge is 0.497 e. The molecule has 2 heterocycles. The van der Waals surface area contributed by atoms with Crippen molar-refractivity contribution in [2.45, 2.75) is 57.2 Å². The van der Waals surface area contributed by atoms with Crippen molar-refractivity contribution in [3.8, 4) is 5.75 Å². The van der Waals surface area contributed by atoms with E-state index >= 15 is 0 Å². The van der Waals surface area contributed by atoms with E-state index in [1.54, 1.807) is 14.2 Å². The molecule has 2 aromatic rings. The molecular formula is C21H28N4O3. The number of rotatable bonds is 5. The van der Waals surface area contributed by atoms with E-state index in [0.717, 1.165) is 48.6 Å². The Morgan fingerprint density at radius 3 is 2.54 bits per heavy atom. The first-order chi connectivity index (χ1) is 13.6. The summed E-state index contributed by atoms with van der Waals surface area (Å²) in [6.45, 7) is 3.71. The minimum absolute atomic E-state index is 0.127. The maximum Gasteiger partial charge on any atom is 0.233 e. The van der Waals surface area contributed by atoms with Crippen molar-refractivity contribution in [1.29, 1.82) is 0 Å². The predicted octanol–water partition coefficient (Wildman–Crippen LogP) is 2.85. The molecule has 1 saturated carbocycles. The minimum Gasteiger partial charge on any atom is -0.497 e. The summed E-state index contributed by atoms with van der Waals surface area (Å²) in [4.78, 5) is 15.8. The Bertz CT molecular complexity index is 840. The molecule has 0 N–H and O–H groups in total. The molecule has 0 saturated heterocycles. The van der Waals surface area contributed by atoms with Gasteiger partial charge in [0.1, 0.15) is 12.4 Å². The number of ether oxygens (including phenoxy) is 2. The summed E-state index contributed by atoms with van der Waals surface area (Å²) in [6.07, 6.45) is 3.94. The van der Waals surface area contributed by atoms with Gasteiger partial charge in [0.25, 0.3) is 0 Å². The van der Waals surface area contributed by atoms with E-state index in [1.807, 2.05) is 17.0 Å². The maximum atomic E-state index is 13.8. The highest BCUT2D eigenvalue weighted by Gasteiger charge is 2.46. The molecule has 7 heteroatoms. The Morgan fingerprint density at radius 2 is 1.89 bits per heavy atom. The normalized spacial score (nSPS) is 20.8. The van der Waals surface area contributed by atoms with Gasteiger partial charge in [-0.3, -0.25) is 4.79 Å². The van der Waals surface area contributed by atoms with Crippen LogP contribution in [0.15, 0.2) is 24.3 Å². The van der Waals surface area contributed by atoms with Crippen molar-refractivity contribution < 1.29 is 14.3 Å². The summed E-state index contributed by atoms with van der Waals surface area (Å²) in [5, 5.41) is 8.59. The van der Waals surface area contributed by atoms with Crippen LogP contribution in [0, 0.1) is 0 Å². The fourth-order valence-corrected chi connectivity index (χ4v) is 4.81. The van der Waals surface area contributed by atoms with Crippen LogP contribution in [0.25, 0.3) is 0 Å². The smallest absolute Gasteiger partial charge is 0.233 e. The molecule has 1 amide bonds. The van der Waals surface area contributed by atoms with Gasteiger partial charge in [-0.1, -0.05) is 25.0 Å². The summed E-state index contributed by atoms with van der Waals surface area (Å²) in [5.41, 5.74) is 0.652. The molecule has 4 rings (SSSR count). The predicted molar refractivity (Wildman–Crippen MR) is 104 cm³/mol. The van der Waals surface area contributed by atoms with Crippen molar-refractivity contribution in [2.75, 3.05) is 20.8 Å². The Morgan fingerprint density at radius 1 is 1.18 bits per heavy atom. The van der Waals surface area contributed by atoms with Gasteiger partial charge in [0.05, 0.1) is 25.1 Å². The van der Waals surface area contributed by atoms with Gasteiger partial charge in [-0.25, -0.2) is 0 Å². The van der Waals surface area contributed by atoms with Gasteiger partial charge in [-0.2, -0.15) is 0 Å². The number of carbonyl (C=O) groups is 1. The van der Waals surface area contributed by atoms with E-state index in [1.165, 1.54) is 0 Å². The molecule has 28 heavy (non-hydrogen) atoms. The van der Waals surface area contributed by atoms with Crippen LogP contribution in [0.3, 0.4) is 0 Å². The van der Waals surface area contributed by atoms with Crippen LogP contribution < -0.4 is 4.74 Å². The first-order valence-corrected chi connectivity index (χ1v) is 9.94. The summed E-state index contributed by atoms with van der Waals surface area (Å²) < 4.78 is 12.6. The molecule has 2 aliphatic rings. The van der Waals surface area contributed by atoms with Crippen molar-refractivity contribution in [3.05, 3.63) is 41.5 Å². The van der Waals surface area contributed by atoms with E-state index in [0.29, 0.717) is 19.7 Å². The maximum absolute atomic E-state index is 13.8. The number of fused-ring (bicyclic) bond motifs is 1. The lowest BCUT2D eigenvalue weighted by Gasteiger charge is -2.39. The van der Waals surface area contributed by atoms with Gasteiger partial charge < -0.3 is 18.9 Å². The summed E-state index contributed by atoms with van der Waals surface area (Å²) in [7, 11) is 3.32. The third-order valence-electron chi connectivity index (χ3n) is 6.16. The van der Waals surface area contributed by atoms with Crippen LogP contribution in [0.1, 0.15) is 55.9 Å². The second-order valence-corrected chi connectivity index (χ2v) is 7.89. The van der Waals surface area contributed by atoms with Crippen LogP contribution in [-0.4, -0.2) is 46.3 Å². The molecule has 0 unspecified atom stereocenters. The van der Waals surface area contributed by atoms with Gasteiger partial charge in [-0.05, 0) is 37.5 Å². The van der Waals surface area contributed by atoms with Gasteiger partial charge in [0.2, 0.25) is 5.91 Å². The Balaban J connectivity index is 1.63. The number of hydrogen-bond acceptors (Lipinski definition) is 5. The Hall–Kier alpha value is -2.41. The lowest BCUT2D eigenvalue weighted by atomic mass is 9.77. The molecule has 0 radical (unpaired) electrons. The van der Waals surface area contributed by atoms with Crippen LogP contribution in [-0.2, 0) is 28.1 Å². The zero-order valence-corrected chi connectivity index (χ0v) is 16.9. The van der Waals surface area contributed by atoms with E-state index < -0.39 is 5.41 Å². The Kier molecular flexibility index (Phi) is 5.10. The molecule has 1 aliphatic carbocycles. The SMILES string of the molecule is COCc1nnc2n1[C@@H](C)CN(C(=O)C1(c3ccc(OC)cc3)CCCC1)C2. The number of hydrogen-bond donors (Lipinski definition) is 0. The molecule has 1 aliphatic heterocycles. The third-order valence-corrected chi connectivity index (χ3v) is 6.16. The number of carbonyl (C=O) groups excluding carboxylic acids is 1. The van der Waals surface area contributed by atoms with Gasteiger partial charge in [0, 0.05) is 13.7 Å². The van der Waals surface area contributed by atoms with Gasteiger partial charge in [0.15, 0.2) is 11.6 Å². The summed E-state index contributed by atoms with van der Waals surface area (Å²) >= 11 is 0. The fourth-order valence-electron chi connectivity index (χ4n) is 4.81. The topological polar surface area (TPSA) is 69.5 Å². The molecule has 1 fully saturated rings. The van der Waals surface area contributed by atoms with E-state index in [9.17, 15) is 4.79 Å². The van der Waals surface area contributed by atoms with Crippen LogP contribution in [0.2, 0.25) is 0 Å². The monoisotopic (exact) mass is 384 g/mol. The van der Waals surface area contributed by atoms with Crippen molar-refractivity contribution in [3.63, 3.8) is 0 Å². The average Bonchev–Trinajstić information content (AvgIpc) is 3.36. The molecule has 7 nitrogen and oxygen atoms in total. The standard InChI is InChI=1S/C21H28N4O3/c1-15-12-24(13-18-22-23-19(14-27-2)25(15)18)20(26)21(10-4-5-11-21)16-6-8-17(28-3)9-7-16/h6-9,15H,4-5,10-14H2,1-3H3/t15-/m0/s1. The summed E-state index contributed by atoms with van der Waals surface area (Å²) in [6, 6.07) is 8.13. The lowest BCUT2D eigenvalue weighted by molar-refractivity contribution is -0.139. The van der Waals surface area contributed by atoms with Crippen molar-refractivity contribution >= 4 is 5.91 Å². The quantitative estimate of drug-likeness (QED) is 0.793. The van der Waals surface area contributed by atoms with Crippen LogP contribution in [0.4, 0.5) is 0 Å². The number of nitrogens with zero attached hydrogens (tertiary/aromatic N) is 4. The fraction of sp³-hybridized carbons (Fsp3) is 0.571. The Labute approximate surface area is 165 Å². The highest BCUT2D eigenvalue weighted by atomic mass is 16.5. The van der Waals surface area contributed by atoms with Crippen molar-refractivity contribution in [1.82, 2.24) is 19.7 Å². The number of aromatic nitrogens is 3. The zero-order valence-electron chi connectivity index (χ0n) is 16.9. The third kappa shape index (κ3) is 3.07. The van der Waals surface area contributed by atoms with E-state index in [4.69, 9.17) is 9.47 Å². The summed E-state index contributed by atoms with van der Waals surface area (Å²) in [5.74, 6) is 2.68. The second-order valence-electron chi connectivity index (χ2n) is 7.89. The molecular weight excluding hydrogens is 356 g/mol. The second kappa shape index (κ2) is 7.54. The van der Waals surface area contributed by atoms with E-state index in [2.05, 4.69) is 33.8 Å². The highest BCUT2D eigenvalue weighted by Crippen LogP contribution is 2.44. The number of methoxy groups -OCH3 is 2. The van der Waals surface area contributed by atoms with E-state index in [-0.39, 0.29) is 11.9 Å². The lowest BCUT2D eigenvalue weighted by Crippen LogP contribution is -2.49. The molecule has 0 spiro atoms. The van der Waals surface area contributed by atoms with Gasteiger partial charge in [-0.15, -0.1) is 10.2 Å². The molecule has 1 atom stereocenters.